The van der Waals surface area contributed by atoms with Crippen molar-refractivity contribution in [2.75, 3.05) is 12.3 Å². The number of halogens is 1. The van der Waals surface area contributed by atoms with Crippen molar-refractivity contribution in [3.63, 3.8) is 0 Å². The molecular weight excluding hydrogens is 332 g/mol. The highest BCUT2D eigenvalue weighted by atomic mass is 79.9. The molecule has 2 aromatic rings. The van der Waals surface area contributed by atoms with Gasteiger partial charge in [0, 0.05) is 29.1 Å². The van der Waals surface area contributed by atoms with E-state index in [2.05, 4.69) is 25.8 Å². The highest BCUT2D eigenvalue weighted by molar-refractivity contribution is 9.10. The van der Waals surface area contributed by atoms with Crippen molar-refractivity contribution in [1.29, 1.82) is 0 Å². The Labute approximate surface area is 119 Å². The number of nitrogens with two attached hydrogens (primary N) is 1. The summed E-state index contributed by atoms with van der Waals surface area (Å²) in [6.07, 6.45) is 3.41. The monoisotopic (exact) mass is 344 g/mol. The molecule has 0 bridgehead atoms. The van der Waals surface area contributed by atoms with E-state index >= 15 is 0 Å². The predicted molar refractivity (Wildman–Crippen MR) is 76.0 cm³/mol. The summed E-state index contributed by atoms with van der Waals surface area (Å²) < 4.78 is 28.8. The van der Waals surface area contributed by atoms with E-state index in [9.17, 15) is 8.42 Å². The first-order valence-electron chi connectivity index (χ1n) is 5.51. The Morgan fingerprint density at radius 3 is 2.84 bits per heavy atom. The zero-order valence-corrected chi connectivity index (χ0v) is 12.4. The van der Waals surface area contributed by atoms with Crippen molar-refractivity contribution in [2.45, 2.75) is 11.4 Å². The molecule has 0 spiro atoms. The molecule has 0 aliphatic carbocycles. The quantitative estimate of drug-likeness (QED) is 0.797. The van der Waals surface area contributed by atoms with E-state index in [1.807, 2.05) is 0 Å². The summed E-state index contributed by atoms with van der Waals surface area (Å²) >= 11 is 3.22. The molecule has 0 saturated heterocycles. The summed E-state index contributed by atoms with van der Waals surface area (Å²) in [4.78, 5) is 0.147. The van der Waals surface area contributed by atoms with Crippen LogP contribution in [-0.4, -0.2) is 24.7 Å². The first-order valence-corrected chi connectivity index (χ1v) is 7.79. The largest absolute Gasteiger partial charge is 0.398 e. The lowest BCUT2D eigenvalue weighted by Crippen LogP contribution is -2.27. The van der Waals surface area contributed by atoms with E-state index in [4.69, 9.17) is 5.73 Å². The van der Waals surface area contributed by atoms with Gasteiger partial charge in [-0.3, -0.25) is 4.68 Å². The second kappa shape index (κ2) is 5.72. The number of hydrogen-bond acceptors (Lipinski definition) is 4. The van der Waals surface area contributed by atoms with Crippen molar-refractivity contribution in [3.8, 4) is 0 Å². The summed E-state index contributed by atoms with van der Waals surface area (Å²) in [5, 5.41) is 3.99. The van der Waals surface area contributed by atoms with Gasteiger partial charge in [0.15, 0.2) is 0 Å². The first kappa shape index (κ1) is 14.0. The van der Waals surface area contributed by atoms with Crippen LogP contribution < -0.4 is 10.5 Å². The maximum absolute atomic E-state index is 12.0. The van der Waals surface area contributed by atoms with E-state index in [1.54, 1.807) is 29.2 Å². The molecule has 1 aromatic heterocycles. The minimum atomic E-state index is -3.54. The molecule has 0 aliphatic rings. The number of rotatable bonds is 5. The lowest BCUT2D eigenvalue weighted by Gasteiger charge is -2.08. The SMILES string of the molecule is Nc1cc(S(=O)(=O)NCCn2cccn2)ccc1Br. The summed E-state index contributed by atoms with van der Waals surface area (Å²) in [5.41, 5.74) is 6.05. The Hall–Kier alpha value is -1.38. The van der Waals surface area contributed by atoms with Gasteiger partial charge in [-0.15, -0.1) is 0 Å². The van der Waals surface area contributed by atoms with Crippen LogP contribution in [0.2, 0.25) is 0 Å². The van der Waals surface area contributed by atoms with Gasteiger partial charge in [-0.05, 0) is 40.2 Å². The molecular formula is C11H13BrN4O2S. The molecule has 0 radical (unpaired) electrons. The van der Waals surface area contributed by atoms with Gasteiger partial charge in [0.2, 0.25) is 10.0 Å². The molecule has 0 amide bonds. The second-order valence-corrected chi connectivity index (χ2v) is 6.47. The van der Waals surface area contributed by atoms with E-state index in [-0.39, 0.29) is 11.4 Å². The van der Waals surface area contributed by atoms with Gasteiger partial charge in [0.1, 0.15) is 0 Å². The topological polar surface area (TPSA) is 90.0 Å². The Kier molecular flexibility index (Phi) is 4.23. The molecule has 0 aliphatic heterocycles. The maximum atomic E-state index is 12.0. The maximum Gasteiger partial charge on any atom is 0.240 e. The third-order valence-corrected chi connectivity index (χ3v) is 4.65. The minimum absolute atomic E-state index is 0.147. The summed E-state index contributed by atoms with van der Waals surface area (Å²) in [7, 11) is -3.54. The van der Waals surface area contributed by atoms with Crippen LogP contribution in [0.5, 0.6) is 0 Å². The van der Waals surface area contributed by atoms with Gasteiger partial charge >= 0.3 is 0 Å². The highest BCUT2D eigenvalue weighted by Gasteiger charge is 2.14. The number of sulfonamides is 1. The van der Waals surface area contributed by atoms with Gasteiger partial charge in [-0.1, -0.05) is 0 Å². The van der Waals surface area contributed by atoms with Crippen LogP contribution in [0, 0.1) is 0 Å². The molecule has 6 nitrogen and oxygen atoms in total. The normalized spacial score (nSPS) is 11.6. The van der Waals surface area contributed by atoms with E-state index in [1.165, 1.54) is 12.1 Å². The molecule has 1 heterocycles. The molecule has 19 heavy (non-hydrogen) atoms. The van der Waals surface area contributed by atoms with Crippen LogP contribution in [0.4, 0.5) is 5.69 Å². The van der Waals surface area contributed by atoms with Crippen LogP contribution in [0.15, 0.2) is 46.0 Å². The molecule has 102 valence electrons. The molecule has 1 aromatic carbocycles. The molecule has 0 fully saturated rings. The average molecular weight is 345 g/mol. The van der Waals surface area contributed by atoms with E-state index in [0.29, 0.717) is 16.7 Å². The third-order valence-electron chi connectivity index (χ3n) is 2.47. The van der Waals surface area contributed by atoms with Crippen molar-refractivity contribution < 1.29 is 8.42 Å². The lowest BCUT2D eigenvalue weighted by atomic mass is 10.3. The zero-order chi connectivity index (χ0) is 13.9. The van der Waals surface area contributed by atoms with Gasteiger partial charge < -0.3 is 5.73 Å². The number of hydrogen-bond donors (Lipinski definition) is 2. The summed E-state index contributed by atoms with van der Waals surface area (Å²) in [5.74, 6) is 0. The van der Waals surface area contributed by atoms with Crippen LogP contribution in [0.1, 0.15) is 0 Å². The van der Waals surface area contributed by atoms with Crippen molar-refractivity contribution in [1.82, 2.24) is 14.5 Å². The molecule has 0 saturated carbocycles. The molecule has 0 atom stereocenters. The molecule has 3 N–H and O–H groups in total. The minimum Gasteiger partial charge on any atom is -0.398 e. The van der Waals surface area contributed by atoms with Crippen molar-refractivity contribution >= 4 is 31.6 Å². The van der Waals surface area contributed by atoms with E-state index < -0.39 is 10.0 Å². The molecule has 8 heteroatoms. The van der Waals surface area contributed by atoms with Crippen LogP contribution in [0.25, 0.3) is 0 Å². The fourth-order valence-electron chi connectivity index (χ4n) is 1.50. The number of nitrogens with one attached hydrogen (secondary N) is 1. The number of aromatic nitrogens is 2. The Bertz CT molecular complexity index is 655. The summed E-state index contributed by atoms with van der Waals surface area (Å²) in [6, 6.07) is 6.30. The van der Waals surface area contributed by atoms with Crippen LogP contribution in [0.3, 0.4) is 0 Å². The van der Waals surface area contributed by atoms with Gasteiger partial charge in [-0.2, -0.15) is 5.10 Å². The standard InChI is InChI=1S/C11H13BrN4O2S/c12-10-3-2-9(8-11(10)13)19(17,18)15-5-7-16-6-1-4-14-16/h1-4,6,8,15H,5,7,13H2. The van der Waals surface area contributed by atoms with Gasteiger partial charge in [-0.25, -0.2) is 13.1 Å². The van der Waals surface area contributed by atoms with E-state index in [0.717, 1.165) is 0 Å². The number of nitrogens with zero attached hydrogens (tertiary/aromatic N) is 2. The number of benzene rings is 1. The van der Waals surface area contributed by atoms with Gasteiger partial charge in [0.25, 0.3) is 0 Å². The predicted octanol–water partition coefficient (Wildman–Crippen LogP) is 1.21. The Morgan fingerprint density at radius 2 is 2.21 bits per heavy atom. The van der Waals surface area contributed by atoms with Gasteiger partial charge in [0.05, 0.1) is 11.4 Å². The average Bonchev–Trinajstić information content (AvgIpc) is 2.85. The molecule has 0 unspecified atom stereocenters. The third kappa shape index (κ3) is 3.55. The first-order chi connectivity index (χ1) is 8.99. The molecule has 2 rings (SSSR count). The zero-order valence-electron chi connectivity index (χ0n) is 9.95. The highest BCUT2D eigenvalue weighted by Crippen LogP contribution is 2.22. The Balaban J connectivity index is 2.03. The second-order valence-electron chi connectivity index (χ2n) is 3.85. The van der Waals surface area contributed by atoms with Crippen LogP contribution in [-0.2, 0) is 16.6 Å². The van der Waals surface area contributed by atoms with Crippen molar-refractivity contribution in [3.05, 3.63) is 41.1 Å². The van der Waals surface area contributed by atoms with Crippen molar-refractivity contribution in [2.24, 2.45) is 0 Å². The lowest BCUT2D eigenvalue weighted by molar-refractivity contribution is 0.561. The number of anilines is 1. The fourth-order valence-corrected chi connectivity index (χ4v) is 2.80. The summed E-state index contributed by atoms with van der Waals surface area (Å²) in [6.45, 7) is 0.734. The smallest absolute Gasteiger partial charge is 0.240 e. The van der Waals surface area contributed by atoms with Crippen LogP contribution >= 0.6 is 15.9 Å². The Morgan fingerprint density at radius 1 is 1.42 bits per heavy atom. The number of nitrogen functional groups attached to an aromatic ring is 1. The fraction of sp³-hybridized carbons (Fsp3) is 0.182.